The van der Waals surface area contributed by atoms with Crippen LogP contribution in [0.5, 0.6) is 0 Å². The third-order valence-corrected chi connectivity index (χ3v) is 1.16. The van der Waals surface area contributed by atoms with Crippen molar-refractivity contribution < 1.29 is 0 Å². The Labute approximate surface area is 90.7 Å². The van der Waals surface area contributed by atoms with E-state index in [9.17, 15) is 0 Å². The Morgan fingerprint density at radius 1 is 1.10 bits per heavy atom. The average molecular weight is 267 g/mol. The standard InChI is InChI=1S/C3H3Cl5.CH3Cl/c4-2(5)1-3(6,7)8;1-2/h2H,1H2;1H3. The van der Waals surface area contributed by atoms with Gasteiger partial charge >= 0.3 is 0 Å². The van der Waals surface area contributed by atoms with E-state index in [1.54, 1.807) is 0 Å². The monoisotopic (exact) mass is 264 g/mol. The third-order valence-electron chi connectivity index (χ3n) is 0.386. The lowest BCUT2D eigenvalue weighted by molar-refractivity contribution is 0.938. The van der Waals surface area contributed by atoms with Crippen molar-refractivity contribution in [1.82, 2.24) is 0 Å². The van der Waals surface area contributed by atoms with Crippen molar-refractivity contribution in [3.05, 3.63) is 0 Å². The van der Waals surface area contributed by atoms with E-state index in [4.69, 9.17) is 58.0 Å². The molecule has 0 saturated carbocycles. The van der Waals surface area contributed by atoms with Crippen molar-refractivity contribution >= 4 is 69.6 Å². The summed E-state index contributed by atoms with van der Waals surface area (Å²) in [5.74, 6) is 0. The molecule has 0 spiro atoms. The highest BCUT2D eigenvalue weighted by molar-refractivity contribution is 6.68. The zero-order valence-electron chi connectivity index (χ0n) is 5.05. The molecule has 10 heavy (non-hydrogen) atoms. The van der Waals surface area contributed by atoms with Gasteiger partial charge in [0.15, 0.2) is 3.79 Å². The summed E-state index contributed by atoms with van der Waals surface area (Å²) < 4.78 is -1.33. The van der Waals surface area contributed by atoms with Gasteiger partial charge in [-0.15, -0.1) is 34.8 Å². The fourth-order valence-electron chi connectivity index (χ4n) is 0.175. The third kappa shape index (κ3) is 16.4. The van der Waals surface area contributed by atoms with Crippen molar-refractivity contribution in [3.63, 3.8) is 0 Å². The highest BCUT2D eigenvalue weighted by atomic mass is 35.6. The summed E-state index contributed by atoms with van der Waals surface area (Å²) in [5.41, 5.74) is 0. The molecule has 0 aliphatic heterocycles. The average Bonchev–Trinajstić information content (AvgIpc) is 1.64. The molecule has 0 fully saturated rings. The highest BCUT2D eigenvalue weighted by Gasteiger charge is 2.22. The molecule has 0 N–H and O–H groups in total. The lowest BCUT2D eigenvalue weighted by Gasteiger charge is -2.09. The summed E-state index contributed by atoms with van der Waals surface area (Å²) in [7, 11) is 0. The number of alkyl halides is 6. The van der Waals surface area contributed by atoms with E-state index in [0.29, 0.717) is 0 Å². The first-order chi connectivity index (χ1) is 4.42. The molecule has 0 unspecified atom stereocenters. The molecular formula is C4H6Cl6. The Hall–Kier alpha value is 1.74. The number of rotatable bonds is 1. The van der Waals surface area contributed by atoms with E-state index in [2.05, 4.69) is 11.6 Å². The lowest BCUT2D eigenvalue weighted by atomic mass is 10.5. The summed E-state index contributed by atoms with van der Waals surface area (Å²) in [5, 5.41) is 0. The van der Waals surface area contributed by atoms with Crippen LogP contribution in [0.4, 0.5) is 0 Å². The molecule has 0 aliphatic carbocycles. The minimum Gasteiger partial charge on any atom is -0.130 e. The quantitative estimate of drug-likeness (QED) is 0.617. The minimum absolute atomic E-state index is 0.154. The van der Waals surface area contributed by atoms with Gasteiger partial charge in [-0.05, 0) is 0 Å². The van der Waals surface area contributed by atoms with Gasteiger partial charge in [0, 0.05) is 12.8 Å². The Kier molecular flexibility index (Phi) is 10.6. The molecule has 0 radical (unpaired) electrons. The Balaban J connectivity index is 0. The highest BCUT2D eigenvalue weighted by Crippen LogP contribution is 2.33. The molecule has 0 heterocycles. The number of hydrogen-bond acceptors (Lipinski definition) is 0. The summed E-state index contributed by atoms with van der Waals surface area (Å²) >= 11 is 31.1. The predicted octanol–water partition coefficient (Wildman–Crippen LogP) is 4.41. The van der Waals surface area contributed by atoms with Crippen LogP contribution in [0.3, 0.4) is 0 Å². The molecule has 0 aromatic rings. The van der Waals surface area contributed by atoms with Crippen LogP contribution in [0.15, 0.2) is 0 Å². The first-order valence-electron chi connectivity index (χ1n) is 2.14. The van der Waals surface area contributed by atoms with Gasteiger partial charge in [0.25, 0.3) is 0 Å². The maximum absolute atomic E-state index is 5.29. The largest absolute Gasteiger partial charge is 0.193 e. The van der Waals surface area contributed by atoms with E-state index in [0.717, 1.165) is 0 Å². The minimum atomic E-state index is -1.33. The van der Waals surface area contributed by atoms with Crippen LogP contribution in [0.25, 0.3) is 0 Å². The first kappa shape index (κ1) is 14.3. The van der Waals surface area contributed by atoms with Crippen molar-refractivity contribution in [3.8, 4) is 0 Å². The molecule has 0 aliphatic rings. The molecule has 0 aromatic heterocycles. The van der Waals surface area contributed by atoms with Crippen molar-refractivity contribution in [2.45, 2.75) is 15.0 Å². The summed E-state index contributed by atoms with van der Waals surface area (Å²) in [6, 6.07) is 0. The molecule has 6 heteroatoms. The van der Waals surface area contributed by atoms with Gasteiger partial charge in [0.05, 0.1) is 0 Å². The van der Waals surface area contributed by atoms with Crippen molar-refractivity contribution in [1.29, 1.82) is 0 Å². The Morgan fingerprint density at radius 2 is 1.40 bits per heavy atom. The van der Waals surface area contributed by atoms with E-state index in [1.165, 1.54) is 6.38 Å². The zero-order chi connectivity index (χ0) is 8.78. The topological polar surface area (TPSA) is 0 Å². The second kappa shape index (κ2) is 7.39. The predicted molar refractivity (Wildman–Crippen MR) is 52.2 cm³/mol. The maximum atomic E-state index is 5.29. The molecular weight excluding hydrogens is 261 g/mol. The van der Waals surface area contributed by atoms with Gasteiger partial charge in [0.2, 0.25) is 0 Å². The summed E-state index contributed by atoms with van der Waals surface area (Å²) in [4.78, 5) is -0.609. The van der Waals surface area contributed by atoms with Crippen LogP contribution >= 0.6 is 69.6 Å². The molecule has 64 valence electrons. The number of hydrogen-bond donors (Lipinski definition) is 0. The normalized spacial score (nSPS) is 10.8. The summed E-state index contributed by atoms with van der Waals surface area (Å²) in [6.07, 6.45) is 1.63. The van der Waals surface area contributed by atoms with Crippen molar-refractivity contribution in [2.75, 3.05) is 6.38 Å². The maximum Gasteiger partial charge on any atom is 0.193 e. The van der Waals surface area contributed by atoms with Crippen LogP contribution in [-0.2, 0) is 0 Å². The van der Waals surface area contributed by atoms with Gasteiger partial charge in [-0.25, -0.2) is 0 Å². The van der Waals surface area contributed by atoms with Crippen LogP contribution in [-0.4, -0.2) is 15.0 Å². The molecule has 0 bridgehead atoms. The van der Waals surface area contributed by atoms with Crippen LogP contribution in [0, 0.1) is 0 Å². The molecule has 0 nitrogen and oxygen atoms in total. The van der Waals surface area contributed by atoms with E-state index in [-0.39, 0.29) is 6.42 Å². The van der Waals surface area contributed by atoms with Gasteiger partial charge in [-0.1, -0.05) is 34.8 Å². The number of halogens is 6. The second-order valence-corrected chi connectivity index (χ2v) is 5.00. The van der Waals surface area contributed by atoms with Gasteiger partial charge in [-0.3, -0.25) is 0 Å². The van der Waals surface area contributed by atoms with Crippen LogP contribution < -0.4 is 0 Å². The van der Waals surface area contributed by atoms with Gasteiger partial charge in [-0.2, -0.15) is 0 Å². The van der Waals surface area contributed by atoms with E-state index < -0.39 is 8.63 Å². The Bertz CT molecular complexity index is 64.6. The van der Waals surface area contributed by atoms with E-state index in [1.807, 2.05) is 0 Å². The fraction of sp³-hybridized carbons (Fsp3) is 1.00. The van der Waals surface area contributed by atoms with Crippen LogP contribution in [0.2, 0.25) is 0 Å². The molecule has 0 saturated heterocycles. The second-order valence-electron chi connectivity index (χ2n) is 1.21. The summed E-state index contributed by atoms with van der Waals surface area (Å²) in [6.45, 7) is 0. The molecule has 0 rings (SSSR count). The van der Waals surface area contributed by atoms with Crippen LogP contribution in [0.1, 0.15) is 6.42 Å². The lowest BCUT2D eigenvalue weighted by Crippen LogP contribution is -2.06. The van der Waals surface area contributed by atoms with Gasteiger partial charge in [0.1, 0.15) is 4.84 Å². The molecule has 0 atom stereocenters. The fourth-order valence-corrected chi connectivity index (χ4v) is 1.57. The SMILES string of the molecule is CCl.ClC(Cl)CC(Cl)(Cl)Cl. The zero-order valence-corrected chi connectivity index (χ0v) is 9.59. The smallest absolute Gasteiger partial charge is 0.130 e. The van der Waals surface area contributed by atoms with Crippen molar-refractivity contribution in [2.24, 2.45) is 0 Å². The van der Waals surface area contributed by atoms with E-state index >= 15 is 0 Å². The first-order valence-corrected chi connectivity index (χ1v) is 4.91. The van der Waals surface area contributed by atoms with Gasteiger partial charge < -0.3 is 0 Å². The molecule has 0 amide bonds. The Morgan fingerprint density at radius 3 is 1.40 bits per heavy atom. The molecule has 0 aromatic carbocycles.